The van der Waals surface area contributed by atoms with E-state index in [1.165, 1.54) is 4.90 Å². The van der Waals surface area contributed by atoms with Gasteiger partial charge in [0.05, 0.1) is 27.2 Å². The summed E-state index contributed by atoms with van der Waals surface area (Å²) in [7, 11) is 8.23. The highest BCUT2D eigenvalue weighted by atomic mass is 16.2. The normalized spacial score (nSPS) is 13.7. The molecule has 0 aromatic heterocycles. The molecule has 0 spiro atoms. The fourth-order valence-corrected chi connectivity index (χ4v) is 3.23. The average Bonchev–Trinajstić information content (AvgIpc) is 3.41. The van der Waals surface area contributed by atoms with E-state index in [1.54, 1.807) is 0 Å². The van der Waals surface area contributed by atoms with Crippen LogP contribution in [0.3, 0.4) is 0 Å². The first-order valence-electron chi connectivity index (χ1n) is 10.3. The van der Waals surface area contributed by atoms with Gasteiger partial charge in [-0.25, -0.2) is 0 Å². The first-order valence-corrected chi connectivity index (χ1v) is 10.3. The Morgan fingerprint density at radius 1 is 1.21 bits per heavy atom. The van der Waals surface area contributed by atoms with Crippen LogP contribution in [0.15, 0.2) is 18.2 Å². The number of hydrogen-bond donors (Lipinski definition) is 2. The number of quaternary nitrogens is 1. The third kappa shape index (κ3) is 6.82. The van der Waals surface area contributed by atoms with Crippen LogP contribution in [0.5, 0.6) is 0 Å². The molecular weight excluding hydrogens is 352 g/mol. The minimum absolute atomic E-state index is 0.0284. The standard InChI is InChI=1S/C22H36N4O2/c1-16(2)13-21(27)23-19-9-10-20(25(5)6)18(14-19)15-26(12-11-24(3)4)22(28)17-7-8-17/h9-10,14,16-17H,7-8,11-13,15H2,1-6H3,(H,23,27)/p+1. The minimum atomic E-state index is 0.0284. The molecule has 1 aliphatic rings. The van der Waals surface area contributed by atoms with Crippen LogP contribution in [0, 0.1) is 11.8 Å². The molecule has 6 nitrogen and oxygen atoms in total. The lowest BCUT2D eigenvalue weighted by molar-refractivity contribution is -0.857. The second kappa shape index (κ2) is 9.92. The van der Waals surface area contributed by atoms with Crippen LogP contribution in [-0.4, -0.2) is 58.0 Å². The molecule has 28 heavy (non-hydrogen) atoms. The molecular formula is C22H37N4O2+. The van der Waals surface area contributed by atoms with Gasteiger partial charge in [0.2, 0.25) is 11.8 Å². The van der Waals surface area contributed by atoms with E-state index in [1.807, 2.05) is 51.0 Å². The van der Waals surface area contributed by atoms with Crippen molar-refractivity contribution >= 4 is 23.2 Å². The molecule has 2 rings (SSSR count). The fraction of sp³-hybridized carbons (Fsp3) is 0.636. The predicted octanol–water partition coefficient (Wildman–Crippen LogP) is 1.62. The van der Waals surface area contributed by atoms with Crippen molar-refractivity contribution in [3.63, 3.8) is 0 Å². The van der Waals surface area contributed by atoms with Gasteiger partial charge >= 0.3 is 0 Å². The number of carbonyl (C=O) groups excluding carboxylic acids is 2. The molecule has 0 radical (unpaired) electrons. The van der Waals surface area contributed by atoms with E-state index in [2.05, 4.69) is 24.3 Å². The number of rotatable bonds is 10. The molecule has 156 valence electrons. The fourth-order valence-electron chi connectivity index (χ4n) is 3.23. The van der Waals surface area contributed by atoms with Crippen molar-refractivity contribution in [2.75, 3.05) is 51.5 Å². The third-order valence-electron chi connectivity index (χ3n) is 4.92. The van der Waals surface area contributed by atoms with Crippen molar-refractivity contribution in [3.05, 3.63) is 23.8 Å². The monoisotopic (exact) mass is 389 g/mol. The van der Waals surface area contributed by atoms with Gasteiger partial charge in [-0.2, -0.15) is 0 Å². The van der Waals surface area contributed by atoms with Crippen molar-refractivity contribution in [1.82, 2.24) is 4.90 Å². The highest BCUT2D eigenvalue weighted by Gasteiger charge is 2.33. The Labute approximate surface area is 169 Å². The van der Waals surface area contributed by atoms with Crippen LogP contribution in [0.4, 0.5) is 11.4 Å². The summed E-state index contributed by atoms with van der Waals surface area (Å²) in [6.45, 7) is 6.31. The number of nitrogens with zero attached hydrogens (tertiary/aromatic N) is 2. The molecule has 2 N–H and O–H groups in total. The van der Waals surface area contributed by atoms with E-state index in [0.29, 0.717) is 18.9 Å². The number of amides is 2. The van der Waals surface area contributed by atoms with Crippen LogP contribution in [0.2, 0.25) is 0 Å². The minimum Gasteiger partial charge on any atom is -0.377 e. The van der Waals surface area contributed by atoms with Gasteiger partial charge in [-0.05, 0) is 42.5 Å². The second-order valence-corrected chi connectivity index (χ2v) is 8.88. The van der Waals surface area contributed by atoms with Gasteiger partial charge in [0.1, 0.15) is 0 Å². The predicted molar refractivity (Wildman–Crippen MR) is 115 cm³/mol. The summed E-state index contributed by atoms with van der Waals surface area (Å²) in [5.74, 6) is 0.815. The van der Waals surface area contributed by atoms with E-state index in [0.717, 1.165) is 42.9 Å². The molecule has 1 saturated carbocycles. The van der Waals surface area contributed by atoms with Crippen LogP contribution < -0.4 is 15.1 Å². The van der Waals surface area contributed by atoms with Crippen molar-refractivity contribution < 1.29 is 14.5 Å². The molecule has 6 heteroatoms. The molecule has 0 aliphatic heterocycles. The second-order valence-electron chi connectivity index (χ2n) is 8.88. The molecule has 0 atom stereocenters. The summed E-state index contributed by atoms with van der Waals surface area (Å²) in [5.41, 5.74) is 2.94. The summed E-state index contributed by atoms with van der Waals surface area (Å²) in [6.07, 6.45) is 2.52. The van der Waals surface area contributed by atoms with Crippen molar-refractivity contribution in [3.8, 4) is 0 Å². The Hall–Kier alpha value is -2.08. The van der Waals surface area contributed by atoms with Gasteiger partial charge in [0.25, 0.3) is 0 Å². The summed E-state index contributed by atoms with van der Waals surface area (Å²) < 4.78 is 0. The molecule has 1 fully saturated rings. The number of nitrogens with one attached hydrogen (secondary N) is 2. The lowest BCUT2D eigenvalue weighted by Crippen LogP contribution is -3.06. The van der Waals surface area contributed by atoms with E-state index >= 15 is 0 Å². The summed E-state index contributed by atoms with van der Waals surface area (Å²) in [4.78, 5) is 30.4. The van der Waals surface area contributed by atoms with Crippen LogP contribution >= 0.6 is 0 Å². The molecule has 1 aromatic carbocycles. The molecule has 1 aliphatic carbocycles. The van der Waals surface area contributed by atoms with Crippen molar-refractivity contribution in [2.24, 2.45) is 11.8 Å². The van der Waals surface area contributed by atoms with Crippen LogP contribution in [-0.2, 0) is 16.1 Å². The lowest BCUT2D eigenvalue weighted by atomic mass is 10.1. The largest absolute Gasteiger partial charge is 0.377 e. The number of carbonyl (C=O) groups is 2. The van der Waals surface area contributed by atoms with Gasteiger partial charge in [-0.15, -0.1) is 0 Å². The Morgan fingerprint density at radius 2 is 1.89 bits per heavy atom. The number of anilines is 2. The maximum atomic E-state index is 12.8. The van der Waals surface area contributed by atoms with Gasteiger partial charge < -0.3 is 20.0 Å². The summed E-state index contributed by atoms with van der Waals surface area (Å²) >= 11 is 0. The first-order chi connectivity index (χ1) is 13.2. The van der Waals surface area contributed by atoms with Gasteiger partial charge in [-0.1, -0.05) is 13.8 Å². The highest BCUT2D eigenvalue weighted by Crippen LogP contribution is 2.32. The average molecular weight is 390 g/mol. The molecule has 0 heterocycles. The molecule has 0 unspecified atom stereocenters. The van der Waals surface area contributed by atoms with Crippen molar-refractivity contribution in [1.29, 1.82) is 0 Å². The maximum absolute atomic E-state index is 12.8. The molecule has 1 aromatic rings. The smallest absolute Gasteiger partial charge is 0.226 e. The van der Waals surface area contributed by atoms with E-state index in [-0.39, 0.29) is 17.7 Å². The van der Waals surface area contributed by atoms with Gasteiger partial charge in [0, 0.05) is 44.4 Å². The topological polar surface area (TPSA) is 57.1 Å². The number of benzene rings is 1. The summed E-state index contributed by atoms with van der Waals surface area (Å²) in [5, 5.41) is 3.00. The van der Waals surface area contributed by atoms with E-state index < -0.39 is 0 Å². The van der Waals surface area contributed by atoms with E-state index in [9.17, 15) is 9.59 Å². The SMILES string of the molecule is CC(C)CC(=O)Nc1ccc(N(C)C)c(CN(CC[NH+](C)C)C(=O)C2CC2)c1. The quantitative estimate of drug-likeness (QED) is 0.639. The Morgan fingerprint density at radius 3 is 2.43 bits per heavy atom. The van der Waals surface area contributed by atoms with Gasteiger partial charge in [-0.3, -0.25) is 9.59 Å². The zero-order chi connectivity index (χ0) is 20.8. The van der Waals surface area contributed by atoms with Crippen LogP contribution in [0.1, 0.15) is 38.7 Å². The zero-order valence-corrected chi connectivity index (χ0v) is 18.3. The van der Waals surface area contributed by atoms with Crippen molar-refractivity contribution in [2.45, 2.75) is 39.7 Å². The number of hydrogen-bond acceptors (Lipinski definition) is 3. The molecule has 0 saturated heterocycles. The third-order valence-corrected chi connectivity index (χ3v) is 4.92. The summed E-state index contributed by atoms with van der Waals surface area (Å²) in [6, 6.07) is 5.98. The molecule has 2 amide bonds. The molecule has 0 bridgehead atoms. The lowest BCUT2D eigenvalue weighted by Gasteiger charge is -2.26. The Bertz CT molecular complexity index is 681. The van der Waals surface area contributed by atoms with E-state index in [4.69, 9.17) is 0 Å². The highest BCUT2D eigenvalue weighted by molar-refractivity contribution is 5.91. The first kappa shape index (κ1) is 22.2. The van der Waals surface area contributed by atoms with Gasteiger partial charge in [0.15, 0.2) is 0 Å². The Balaban J connectivity index is 2.21. The maximum Gasteiger partial charge on any atom is 0.226 e. The zero-order valence-electron chi connectivity index (χ0n) is 18.3. The Kier molecular flexibility index (Phi) is 7.87. The number of likely N-dealkylation sites (N-methyl/N-ethyl adjacent to an activating group) is 1. The van der Waals surface area contributed by atoms with Crippen LogP contribution in [0.25, 0.3) is 0 Å².